The molecule has 1 aromatic rings. The summed E-state index contributed by atoms with van der Waals surface area (Å²) < 4.78 is 10.1. The highest BCUT2D eigenvalue weighted by molar-refractivity contribution is 5.72. The number of benzene rings is 1. The minimum absolute atomic E-state index is 0.397. The van der Waals surface area contributed by atoms with Crippen LogP contribution in [0.1, 0.15) is 11.1 Å². The number of hydrogen-bond donors (Lipinski definition) is 2. The summed E-state index contributed by atoms with van der Waals surface area (Å²) in [6.07, 6.45) is -1.09. The molecule has 0 fully saturated rings. The molecule has 1 rings (SSSR count). The first-order valence-corrected chi connectivity index (χ1v) is 5.38. The van der Waals surface area contributed by atoms with Gasteiger partial charge in [-0.25, -0.2) is 9.59 Å². The van der Waals surface area contributed by atoms with Crippen molar-refractivity contribution in [3.8, 4) is 11.5 Å². The lowest BCUT2D eigenvalue weighted by molar-refractivity contribution is 0.200. The molecule has 0 saturated heterocycles. The van der Waals surface area contributed by atoms with Gasteiger partial charge in [0.2, 0.25) is 0 Å². The van der Waals surface area contributed by atoms with Gasteiger partial charge < -0.3 is 20.1 Å². The molecule has 0 aliphatic heterocycles. The lowest BCUT2D eigenvalue weighted by Crippen LogP contribution is -2.23. The number of rotatable bonds is 2. The van der Waals surface area contributed by atoms with Crippen molar-refractivity contribution in [2.75, 3.05) is 14.1 Å². The monoisotopic (exact) mass is 252 g/mol. The van der Waals surface area contributed by atoms with Crippen LogP contribution in [0.5, 0.6) is 11.5 Å². The number of hydrogen-bond acceptors (Lipinski definition) is 4. The van der Waals surface area contributed by atoms with E-state index in [9.17, 15) is 9.59 Å². The van der Waals surface area contributed by atoms with Gasteiger partial charge in [0, 0.05) is 14.1 Å². The molecular weight excluding hydrogens is 236 g/mol. The van der Waals surface area contributed by atoms with E-state index in [1.54, 1.807) is 26.0 Å². The van der Waals surface area contributed by atoms with Crippen LogP contribution >= 0.6 is 0 Å². The van der Waals surface area contributed by atoms with E-state index in [-0.39, 0.29) is 0 Å². The van der Waals surface area contributed by atoms with Gasteiger partial charge in [-0.15, -0.1) is 0 Å². The zero-order valence-electron chi connectivity index (χ0n) is 10.8. The third-order valence-electron chi connectivity index (χ3n) is 2.25. The van der Waals surface area contributed by atoms with E-state index in [0.717, 1.165) is 0 Å². The largest absolute Gasteiger partial charge is 0.412 e. The Labute approximate surface area is 105 Å². The first-order chi connectivity index (χ1) is 8.47. The van der Waals surface area contributed by atoms with Crippen molar-refractivity contribution in [2.45, 2.75) is 13.8 Å². The second-order valence-electron chi connectivity index (χ2n) is 3.67. The molecule has 0 aromatic heterocycles. The van der Waals surface area contributed by atoms with Gasteiger partial charge in [0.25, 0.3) is 0 Å². The Morgan fingerprint density at radius 3 is 1.83 bits per heavy atom. The number of ether oxygens (including phenoxy) is 2. The van der Waals surface area contributed by atoms with Crippen LogP contribution in [0.25, 0.3) is 0 Å². The van der Waals surface area contributed by atoms with Crippen molar-refractivity contribution in [3.05, 3.63) is 23.3 Å². The first kappa shape index (κ1) is 13.8. The second kappa shape index (κ2) is 5.90. The van der Waals surface area contributed by atoms with E-state index in [4.69, 9.17) is 9.47 Å². The molecule has 2 N–H and O–H groups in total. The SMILES string of the molecule is CNC(=O)Oc1cc(C)c(OC(=O)NC)c(C)c1. The maximum absolute atomic E-state index is 11.2. The van der Waals surface area contributed by atoms with Crippen molar-refractivity contribution in [3.63, 3.8) is 0 Å². The first-order valence-electron chi connectivity index (χ1n) is 5.38. The van der Waals surface area contributed by atoms with E-state index < -0.39 is 12.2 Å². The van der Waals surface area contributed by atoms with Gasteiger partial charge in [-0.3, -0.25) is 0 Å². The van der Waals surface area contributed by atoms with Crippen molar-refractivity contribution >= 4 is 12.2 Å². The van der Waals surface area contributed by atoms with Crippen molar-refractivity contribution < 1.29 is 19.1 Å². The van der Waals surface area contributed by atoms with Crippen LogP contribution in [0.3, 0.4) is 0 Å². The van der Waals surface area contributed by atoms with Crippen LogP contribution in [-0.4, -0.2) is 26.3 Å². The van der Waals surface area contributed by atoms with Crippen LogP contribution in [-0.2, 0) is 0 Å². The normalized spacial score (nSPS) is 9.56. The number of amides is 2. The quantitative estimate of drug-likeness (QED) is 0.840. The fourth-order valence-electron chi connectivity index (χ4n) is 1.43. The Morgan fingerprint density at radius 2 is 1.39 bits per heavy atom. The molecule has 0 atom stereocenters. The Kier molecular flexibility index (Phi) is 4.53. The van der Waals surface area contributed by atoms with Crippen LogP contribution in [0.15, 0.2) is 12.1 Å². The van der Waals surface area contributed by atoms with E-state index >= 15 is 0 Å². The summed E-state index contributed by atoms with van der Waals surface area (Å²) in [6.45, 7) is 3.53. The van der Waals surface area contributed by atoms with Gasteiger partial charge in [-0.1, -0.05) is 0 Å². The molecule has 0 bridgehead atoms. The lowest BCUT2D eigenvalue weighted by atomic mass is 10.1. The summed E-state index contributed by atoms with van der Waals surface area (Å²) in [5.74, 6) is 0.854. The molecule has 0 unspecified atom stereocenters. The van der Waals surface area contributed by atoms with Crippen LogP contribution in [0.2, 0.25) is 0 Å². The molecular formula is C12H16N2O4. The second-order valence-corrected chi connectivity index (χ2v) is 3.67. The number of nitrogens with one attached hydrogen (secondary N) is 2. The molecule has 18 heavy (non-hydrogen) atoms. The number of carbonyl (C=O) groups is 2. The van der Waals surface area contributed by atoms with Gasteiger partial charge in [-0.05, 0) is 37.1 Å². The van der Waals surface area contributed by atoms with Crippen LogP contribution < -0.4 is 20.1 Å². The highest BCUT2D eigenvalue weighted by atomic mass is 16.6. The average molecular weight is 252 g/mol. The smallest absolute Gasteiger partial charge is 0.410 e. The fourth-order valence-corrected chi connectivity index (χ4v) is 1.43. The fraction of sp³-hybridized carbons (Fsp3) is 0.333. The number of aryl methyl sites for hydroxylation is 2. The van der Waals surface area contributed by atoms with Crippen LogP contribution in [0, 0.1) is 13.8 Å². The van der Waals surface area contributed by atoms with Gasteiger partial charge in [-0.2, -0.15) is 0 Å². The van der Waals surface area contributed by atoms with Gasteiger partial charge in [0.15, 0.2) is 0 Å². The maximum atomic E-state index is 11.2. The third-order valence-corrected chi connectivity index (χ3v) is 2.25. The van der Waals surface area contributed by atoms with Crippen molar-refractivity contribution in [1.82, 2.24) is 10.6 Å². The van der Waals surface area contributed by atoms with Gasteiger partial charge >= 0.3 is 12.2 Å². The highest BCUT2D eigenvalue weighted by Crippen LogP contribution is 2.28. The Morgan fingerprint density at radius 1 is 0.944 bits per heavy atom. The van der Waals surface area contributed by atoms with Gasteiger partial charge in [0.1, 0.15) is 11.5 Å². The Hall–Kier alpha value is -2.24. The summed E-state index contributed by atoms with van der Waals surface area (Å²) in [5.41, 5.74) is 1.41. The Balaban J connectivity index is 2.97. The molecule has 98 valence electrons. The minimum Gasteiger partial charge on any atom is -0.410 e. The topological polar surface area (TPSA) is 76.7 Å². The summed E-state index contributed by atoms with van der Waals surface area (Å²) in [7, 11) is 2.96. The predicted octanol–water partition coefficient (Wildman–Crippen LogP) is 1.74. The molecule has 0 heterocycles. The lowest BCUT2D eigenvalue weighted by Gasteiger charge is -2.12. The molecule has 1 aromatic carbocycles. The van der Waals surface area contributed by atoms with E-state index in [2.05, 4.69) is 10.6 Å². The molecule has 0 radical (unpaired) electrons. The maximum Gasteiger partial charge on any atom is 0.412 e. The summed E-state index contributed by atoms with van der Waals surface area (Å²) in [4.78, 5) is 22.3. The van der Waals surface area contributed by atoms with E-state index in [1.165, 1.54) is 14.1 Å². The Bertz CT molecular complexity index is 448. The predicted molar refractivity (Wildman–Crippen MR) is 66.1 cm³/mol. The zero-order chi connectivity index (χ0) is 13.7. The highest BCUT2D eigenvalue weighted by Gasteiger charge is 2.12. The van der Waals surface area contributed by atoms with Crippen LogP contribution in [0.4, 0.5) is 9.59 Å². The standard InChI is InChI=1S/C12H16N2O4/c1-7-5-9(17-11(15)13-3)6-8(2)10(7)18-12(16)14-4/h5-6H,1-4H3,(H,13,15)(H,14,16). The van der Waals surface area contributed by atoms with E-state index in [1.807, 2.05) is 0 Å². The van der Waals surface area contributed by atoms with Gasteiger partial charge in [0.05, 0.1) is 0 Å². The molecule has 0 aliphatic carbocycles. The van der Waals surface area contributed by atoms with Crippen molar-refractivity contribution in [2.24, 2.45) is 0 Å². The molecule has 6 nitrogen and oxygen atoms in total. The zero-order valence-corrected chi connectivity index (χ0v) is 10.8. The van der Waals surface area contributed by atoms with E-state index in [0.29, 0.717) is 22.6 Å². The van der Waals surface area contributed by atoms with Crippen molar-refractivity contribution in [1.29, 1.82) is 0 Å². The molecule has 0 saturated carbocycles. The minimum atomic E-state index is -0.547. The average Bonchev–Trinajstić information content (AvgIpc) is 2.33. The molecule has 0 spiro atoms. The summed E-state index contributed by atoms with van der Waals surface area (Å²) >= 11 is 0. The summed E-state index contributed by atoms with van der Waals surface area (Å²) in [5, 5.41) is 4.72. The molecule has 2 amide bonds. The number of carbonyl (C=O) groups excluding carboxylic acids is 2. The molecule has 0 aliphatic rings. The third kappa shape index (κ3) is 3.38. The summed E-state index contributed by atoms with van der Waals surface area (Å²) in [6, 6.07) is 3.25. The molecule has 6 heteroatoms.